The van der Waals surface area contributed by atoms with Crippen LogP contribution in [0.15, 0.2) is 59.4 Å². The second kappa shape index (κ2) is 9.09. The molecule has 0 fully saturated rings. The molecular weight excluding hydrogens is 380 g/mol. The molecule has 3 rings (SSSR count). The van der Waals surface area contributed by atoms with Gasteiger partial charge in [-0.1, -0.05) is 12.1 Å². The van der Waals surface area contributed by atoms with E-state index in [9.17, 15) is 18.4 Å². The number of hydrogen-bond donors (Lipinski definition) is 1. The first-order valence-electron chi connectivity index (χ1n) is 8.94. The maximum Gasteiger partial charge on any atom is 0.266 e. The number of rotatable bonds is 7. The number of aromatic nitrogens is 2. The summed E-state index contributed by atoms with van der Waals surface area (Å²) in [6, 6.07) is 13.5. The standard InChI is InChI=1S/C21H19F2N3O3/c1-29-16-5-2-4-14(12-16)19-9-10-21(28)26(25-19)11-3-6-20(27)24-15-7-8-17(22)18(23)13-15/h2,4-5,7-10,12-13H,3,6,11H2,1H3,(H,24,27). The van der Waals surface area contributed by atoms with Crippen LogP contribution in [-0.4, -0.2) is 22.8 Å². The fourth-order valence-electron chi connectivity index (χ4n) is 2.73. The van der Waals surface area contributed by atoms with Crippen LogP contribution in [0.1, 0.15) is 12.8 Å². The van der Waals surface area contributed by atoms with Crippen LogP contribution in [0.25, 0.3) is 11.3 Å². The Morgan fingerprint density at radius 3 is 2.69 bits per heavy atom. The van der Waals surface area contributed by atoms with E-state index in [4.69, 9.17) is 4.74 Å². The van der Waals surface area contributed by atoms with Crippen LogP contribution in [0, 0.1) is 11.6 Å². The van der Waals surface area contributed by atoms with Crippen molar-refractivity contribution in [1.29, 1.82) is 0 Å². The molecule has 1 N–H and O–H groups in total. The molecular formula is C21H19F2N3O3. The van der Waals surface area contributed by atoms with E-state index in [0.29, 0.717) is 17.9 Å². The number of nitrogens with one attached hydrogen (secondary N) is 1. The van der Waals surface area contributed by atoms with Crippen molar-refractivity contribution in [2.75, 3.05) is 12.4 Å². The van der Waals surface area contributed by atoms with Crippen LogP contribution in [0.2, 0.25) is 0 Å². The molecule has 1 heterocycles. The van der Waals surface area contributed by atoms with Crippen LogP contribution in [0.3, 0.4) is 0 Å². The van der Waals surface area contributed by atoms with Gasteiger partial charge in [-0.2, -0.15) is 5.10 Å². The zero-order valence-corrected chi connectivity index (χ0v) is 15.7. The van der Waals surface area contributed by atoms with Crippen LogP contribution in [0.5, 0.6) is 5.75 Å². The second-order valence-electron chi connectivity index (χ2n) is 6.29. The van der Waals surface area contributed by atoms with Crippen LogP contribution < -0.4 is 15.6 Å². The van der Waals surface area contributed by atoms with Gasteiger partial charge in [0.05, 0.1) is 12.8 Å². The van der Waals surface area contributed by atoms with Gasteiger partial charge in [-0.05, 0) is 36.8 Å². The largest absolute Gasteiger partial charge is 0.497 e. The molecule has 8 heteroatoms. The highest BCUT2D eigenvalue weighted by Crippen LogP contribution is 2.21. The molecule has 2 aromatic carbocycles. The molecule has 0 aliphatic carbocycles. The first-order chi connectivity index (χ1) is 14.0. The van der Waals surface area contributed by atoms with Crippen molar-refractivity contribution in [1.82, 2.24) is 9.78 Å². The van der Waals surface area contributed by atoms with E-state index in [1.54, 1.807) is 13.2 Å². The van der Waals surface area contributed by atoms with Gasteiger partial charge >= 0.3 is 0 Å². The van der Waals surface area contributed by atoms with Crippen molar-refractivity contribution in [3.63, 3.8) is 0 Å². The normalized spacial score (nSPS) is 10.6. The van der Waals surface area contributed by atoms with E-state index in [1.807, 2.05) is 24.3 Å². The highest BCUT2D eigenvalue weighted by atomic mass is 19.2. The molecule has 0 unspecified atom stereocenters. The highest BCUT2D eigenvalue weighted by molar-refractivity contribution is 5.90. The number of amides is 1. The summed E-state index contributed by atoms with van der Waals surface area (Å²) in [6.07, 6.45) is 0.445. The average Bonchev–Trinajstić information content (AvgIpc) is 2.72. The molecule has 29 heavy (non-hydrogen) atoms. The molecule has 0 radical (unpaired) electrons. The van der Waals surface area contributed by atoms with Crippen LogP contribution >= 0.6 is 0 Å². The van der Waals surface area contributed by atoms with Gasteiger partial charge in [0.15, 0.2) is 11.6 Å². The molecule has 6 nitrogen and oxygen atoms in total. The number of ether oxygens (including phenoxy) is 1. The molecule has 1 amide bonds. The van der Waals surface area contributed by atoms with Gasteiger partial charge in [-0.15, -0.1) is 0 Å². The molecule has 3 aromatic rings. The van der Waals surface area contributed by atoms with E-state index in [1.165, 1.54) is 16.8 Å². The third-order valence-electron chi connectivity index (χ3n) is 4.21. The first kappa shape index (κ1) is 20.2. The minimum Gasteiger partial charge on any atom is -0.497 e. The summed E-state index contributed by atoms with van der Waals surface area (Å²) in [5.41, 5.74) is 1.30. The third-order valence-corrected chi connectivity index (χ3v) is 4.21. The average molecular weight is 399 g/mol. The zero-order chi connectivity index (χ0) is 20.8. The van der Waals surface area contributed by atoms with Crippen molar-refractivity contribution in [2.45, 2.75) is 19.4 Å². The lowest BCUT2D eigenvalue weighted by molar-refractivity contribution is -0.116. The molecule has 0 bridgehead atoms. The number of carbonyl (C=O) groups excluding carboxylic acids is 1. The molecule has 0 saturated carbocycles. The topological polar surface area (TPSA) is 73.2 Å². The van der Waals surface area contributed by atoms with Gasteiger partial charge in [-0.25, -0.2) is 13.5 Å². The van der Waals surface area contributed by atoms with E-state index >= 15 is 0 Å². The number of aryl methyl sites for hydroxylation is 1. The fourth-order valence-corrected chi connectivity index (χ4v) is 2.73. The monoisotopic (exact) mass is 399 g/mol. The fraction of sp³-hybridized carbons (Fsp3) is 0.190. The van der Waals surface area contributed by atoms with Crippen molar-refractivity contribution in [2.24, 2.45) is 0 Å². The SMILES string of the molecule is COc1cccc(-c2ccc(=O)n(CCCC(=O)Nc3ccc(F)c(F)c3)n2)c1. The van der Waals surface area contributed by atoms with Crippen molar-refractivity contribution >= 4 is 11.6 Å². The summed E-state index contributed by atoms with van der Waals surface area (Å²) in [5.74, 6) is -1.71. The second-order valence-corrected chi connectivity index (χ2v) is 6.29. The Kier molecular flexibility index (Phi) is 6.33. The Hall–Kier alpha value is -3.55. The highest BCUT2D eigenvalue weighted by Gasteiger charge is 2.08. The number of benzene rings is 2. The molecule has 1 aromatic heterocycles. The van der Waals surface area contributed by atoms with E-state index in [2.05, 4.69) is 10.4 Å². The number of carbonyl (C=O) groups is 1. The minimum absolute atomic E-state index is 0.0938. The van der Waals surface area contributed by atoms with Gasteiger partial charge in [0.25, 0.3) is 5.56 Å². The lowest BCUT2D eigenvalue weighted by Crippen LogP contribution is -2.23. The van der Waals surface area contributed by atoms with Crippen molar-refractivity contribution < 1.29 is 18.3 Å². The number of anilines is 1. The summed E-state index contributed by atoms with van der Waals surface area (Å²) < 4.78 is 32.6. The van der Waals surface area contributed by atoms with Gasteiger partial charge in [0, 0.05) is 36.3 Å². The molecule has 0 aliphatic heterocycles. The molecule has 150 valence electrons. The van der Waals surface area contributed by atoms with Gasteiger partial charge in [0.1, 0.15) is 5.75 Å². The van der Waals surface area contributed by atoms with Gasteiger partial charge in [-0.3, -0.25) is 9.59 Å². The van der Waals surface area contributed by atoms with Gasteiger partial charge < -0.3 is 10.1 Å². The maximum absolute atomic E-state index is 13.2. The van der Waals surface area contributed by atoms with Crippen LogP contribution in [0.4, 0.5) is 14.5 Å². The van der Waals surface area contributed by atoms with Crippen molar-refractivity contribution in [3.8, 4) is 17.0 Å². The Morgan fingerprint density at radius 1 is 1.10 bits per heavy atom. The number of halogens is 2. The minimum atomic E-state index is -1.03. The maximum atomic E-state index is 13.2. The number of methoxy groups -OCH3 is 1. The van der Waals surface area contributed by atoms with E-state index in [-0.39, 0.29) is 30.1 Å². The predicted molar refractivity (Wildman–Crippen MR) is 105 cm³/mol. The molecule has 0 atom stereocenters. The van der Waals surface area contributed by atoms with Crippen molar-refractivity contribution in [3.05, 3.63) is 76.6 Å². The predicted octanol–water partition coefficient (Wildman–Crippen LogP) is 3.62. The third kappa shape index (κ3) is 5.25. The summed E-state index contributed by atoms with van der Waals surface area (Å²) in [7, 11) is 1.57. The Balaban J connectivity index is 1.62. The van der Waals surface area contributed by atoms with Crippen LogP contribution in [-0.2, 0) is 11.3 Å². The Labute approximate surface area is 165 Å². The Bertz CT molecular complexity index is 1080. The quantitative estimate of drug-likeness (QED) is 0.659. The summed E-state index contributed by atoms with van der Waals surface area (Å²) >= 11 is 0. The number of nitrogens with zero attached hydrogens (tertiary/aromatic N) is 2. The summed E-state index contributed by atoms with van der Waals surface area (Å²) in [4.78, 5) is 24.1. The summed E-state index contributed by atoms with van der Waals surface area (Å²) in [5, 5.41) is 6.84. The molecule has 0 aliphatic rings. The van der Waals surface area contributed by atoms with Gasteiger partial charge in [0.2, 0.25) is 5.91 Å². The van der Waals surface area contributed by atoms with E-state index < -0.39 is 11.6 Å². The lowest BCUT2D eigenvalue weighted by Gasteiger charge is -2.09. The molecule has 0 saturated heterocycles. The number of hydrogen-bond acceptors (Lipinski definition) is 4. The molecule has 0 spiro atoms. The Morgan fingerprint density at radius 2 is 1.93 bits per heavy atom. The lowest BCUT2D eigenvalue weighted by atomic mass is 10.1. The first-order valence-corrected chi connectivity index (χ1v) is 8.94. The zero-order valence-electron chi connectivity index (χ0n) is 15.7. The summed E-state index contributed by atoms with van der Waals surface area (Å²) in [6.45, 7) is 0.238. The van der Waals surface area contributed by atoms with E-state index in [0.717, 1.165) is 17.7 Å². The smallest absolute Gasteiger partial charge is 0.266 e.